The van der Waals surface area contributed by atoms with Crippen LogP contribution in [0.25, 0.3) is 0 Å². The largest absolute Gasteiger partial charge is 0.368 e. The average molecular weight is 442 g/mol. The Balaban J connectivity index is 1.31. The first kappa shape index (κ1) is 20.0. The highest BCUT2D eigenvalue weighted by Gasteiger charge is 2.32. The first-order valence-electron chi connectivity index (χ1n) is 10.5. The summed E-state index contributed by atoms with van der Waals surface area (Å²) < 4.78 is 15.4. The topological polar surface area (TPSA) is 111 Å². The third-order valence-electron chi connectivity index (χ3n) is 5.33. The van der Waals surface area contributed by atoms with Gasteiger partial charge in [-0.25, -0.2) is 4.39 Å². The number of piperidine rings is 1. The molecule has 1 saturated heterocycles. The monoisotopic (exact) mass is 441 g/mol. The number of nitrogens with zero attached hydrogens (tertiary/aromatic N) is 7. The molecule has 0 radical (unpaired) electrons. The summed E-state index contributed by atoms with van der Waals surface area (Å²) in [7, 11) is 0. The third-order valence-corrected chi connectivity index (χ3v) is 6.27. The second-order valence-electron chi connectivity index (χ2n) is 7.79. The summed E-state index contributed by atoms with van der Waals surface area (Å²) >= 11 is 1.56. The Hall–Kier alpha value is -2.95. The minimum absolute atomic E-state index is 0.132. The van der Waals surface area contributed by atoms with Gasteiger partial charge in [0, 0.05) is 24.8 Å². The van der Waals surface area contributed by atoms with Gasteiger partial charge in [0.05, 0.1) is 5.75 Å². The Morgan fingerprint density at radius 1 is 1.03 bits per heavy atom. The third kappa shape index (κ3) is 4.71. The summed E-state index contributed by atoms with van der Waals surface area (Å²) in [5.74, 6) is 2.18. The molecule has 11 heteroatoms. The molecule has 5 rings (SSSR count). The molecule has 0 spiro atoms. The molecule has 3 N–H and O–H groups in total. The summed E-state index contributed by atoms with van der Waals surface area (Å²) in [6, 6.07) is 6.45. The molecule has 2 aliphatic rings. The molecular formula is C20H24FN9S. The molecule has 2 fully saturated rings. The van der Waals surface area contributed by atoms with Crippen LogP contribution < -0.4 is 16.0 Å². The van der Waals surface area contributed by atoms with E-state index in [1.807, 2.05) is 0 Å². The van der Waals surface area contributed by atoms with Crippen LogP contribution in [-0.4, -0.2) is 42.8 Å². The molecule has 31 heavy (non-hydrogen) atoms. The number of halogens is 1. The van der Waals surface area contributed by atoms with E-state index in [9.17, 15) is 4.39 Å². The fourth-order valence-corrected chi connectivity index (χ4v) is 4.54. The van der Waals surface area contributed by atoms with Gasteiger partial charge in [0.2, 0.25) is 17.8 Å². The predicted octanol–water partition coefficient (Wildman–Crippen LogP) is 3.55. The second-order valence-corrected chi connectivity index (χ2v) is 8.73. The maximum atomic E-state index is 13.1. The highest BCUT2D eigenvalue weighted by atomic mass is 32.2. The normalized spacial score (nSPS) is 16.5. The number of hydrogen-bond acceptors (Lipinski definition) is 9. The van der Waals surface area contributed by atoms with E-state index in [0.29, 0.717) is 29.3 Å². The molecule has 0 bridgehead atoms. The van der Waals surface area contributed by atoms with Crippen LogP contribution in [0.4, 0.5) is 27.9 Å². The Kier molecular flexibility index (Phi) is 5.58. The van der Waals surface area contributed by atoms with Crippen LogP contribution in [0.5, 0.6) is 0 Å². The van der Waals surface area contributed by atoms with Gasteiger partial charge in [-0.15, -0.1) is 10.2 Å². The maximum absolute atomic E-state index is 13.1. The average Bonchev–Trinajstić information content (AvgIpc) is 3.53. The summed E-state index contributed by atoms with van der Waals surface area (Å²) in [5.41, 5.74) is 6.56. The highest BCUT2D eigenvalue weighted by molar-refractivity contribution is 7.98. The number of nitrogens with two attached hydrogens (primary N) is 1. The van der Waals surface area contributed by atoms with Gasteiger partial charge in [0.1, 0.15) is 11.6 Å². The molecule has 1 saturated carbocycles. The molecule has 1 aliphatic carbocycles. The second kappa shape index (κ2) is 8.66. The van der Waals surface area contributed by atoms with Crippen LogP contribution in [0, 0.1) is 5.82 Å². The number of nitrogens with one attached hydrogen (secondary N) is 1. The van der Waals surface area contributed by atoms with Crippen molar-refractivity contribution in [1.82, 2.24) is 29.7 Å². The number of rotatable bonds is 7. The van der Waals surface area contributed by atoms with Crippen LogP contribution in [0.1, 0.15) is 44.0 Å². The molecule has 3 heterocycles. The van der Waals surface area contributed by atoms with Gasteiger partial charge >= 0.3 is 0 Å². The molecule has 9 nitrogen and oxygen atoms in total. The Bertz CT molecular complexity index is 1050. The van der Waals surface area contributed by atoms with E-state index in [1.54, 1.807) is 23.9 Å². The van der Waals surface area contributed by atoms with Crippen molar-refractivity contribution in [3.8, 4) is 0 Å². The number of hydrogen-bond donors (Lipinski definition) is 2. The molecule has 3 aromatic rings. The fourth-order valence-electron chi connectivity index (χ4n) is 3.68. The number of aromatic nitrogens is 6. The van der Waals surface area contributed by atoms with Crippen molar-refractivity contribution in [3.05, 3.63) is 35.9 Å². The zero-order valence-electron chi connectivity index (χ0n) is 17.0. The molecule has 0 atom stereocenters. The van der Waals surface area contributed by atoms with Crippen LogP contribution in [-0.2, 0) is 5.75 Å². The minimum atomic E-state index is -0.304. The molecule has 0 unspecified atom stereocenters. The lowest BCUT2D eigenvalue weighted by atomic mass is 10.1. The van der Waals surface area contributed by atoms with Crippen LogP contribution in [0.15, 0.2) is 29.4 Å². The molecular weight excluding hydrogens is 417 g/mol. The Morgan fingerprint density at radius 3 is 2.55 bits per heavy atom. The van der Waals surface area contributed by atoms with E-state index in [4.69, 9.17) is 5.73 Å². The van der Waals surface area contributed by atoms with Crippen molar-refractivity contribution in [3.63, 3.8) is 0 Å². The number of nitrogen functional groups attached to an aromatic ring is 1. The van der Waals surface area contributed by atoms with Crippen LogP contribution >= 0.6 is 11.8 Å². The van der Waals surface area contributed by atoms with Crippen molar-refractivity contribution < 1.29 is 4.39 Å². The smallest absolute Gasteiger partial charge is 0.232 e. The molecule has 1 aliphatic heterocycles. The SMILES string of the molecule is Nc1nc(CSc2nnc(N3CCCCC3)n2C2CC2)nc(Nc2ccc(F)cc2)n1. The number of benzene rings is 1. The lowest BCUT2D eigenvalue weighted by molar-refractivity contribution is 0.548. The zero-order valence-corrected chi connectivity index (χ0v) is 17.9. The standard InChI is InChI=1S/C20H24FN9S/c21-13-4-6-14(7-5-13)23-18-25-16(24-17(22)26-18)12-31-20-28-27-19(30(20)15-8-9-15)29-10-2-1-3-11-29/h4-7,15H,1-3,8-12H2,(H3,22,23,24,25,26). The van der Waals surface area contributed by atoms with Crippen LogP contribution in [0.2, 0.25) is 0 Å². The molecule has 0 amide bonds. The summed E-state index contributed by atoms with van der Waals surface area (Å²) in [6.45, 7) is 2.08. The van der Waals surface area contributed by atoms with Crippen molar-refractivity contribution in [2.24, 2.45) is 0 Å². The van der Waals surface area contributed by atoms with Gasteiger partial charge in [-0.05, 0) is 56.4 Å². The molecule has 162 valence electrons. The lowest BCUT2D eigenvalue weighted by Crippen LogP contribution is -2.31. The van der Waals surface area contributed by atoms with Crippen molar-refractivity contribution in [2.75, 3.05) is 29.0 Å². The van der Waals surface area contributed by atoms with Crippen molar-refractivity contribution in [1.29, 1.82) is 0 Å². The maximum Gasteiger partial charge on any atom is 0.232 e. The van der Waals surface area contributed by atoms with E-state index in [2.05, 4.69) is 39.9 Å². The first-order chi connectivity index (χ1) is 15.2. The van der Waals surface area contributed by atoms with Gasteiger partial charge in [-0.2, -0.15) is 15.0 Å². The van der Waals surface area contributed by atoms with E-state index in [1.165, 1.54) is 31.4 Å². The lowest BCUT2D eigenvalue weighted by Gasteiger charge is -2.27. The van der Waals surface area contributed by atoms with E-state index in [0.717, 1.165) is 37.0 Å². The Morgan fingerprint density at radius 2 is 1.81 bits per heavy atom. The van der Waals surface area contributed by atoms with Crippen LogP contribution in [0.3, 0.4) is 0 Å². The van der Waals surface area contributed by atoms with E-state index >= 15 is 0 Å². The van der Waals surface area contributed by atoms with Gasteiger partial charge in [-0.1, -0.05) is 11.8 Å². The summed E-state index contributed by atoms with van der Waals surface area (Å²) in [6.07, 6.45) is 6.01. The summed E-state index contributed by atoms with van der Waals surface area (Å²) in [5, 5.41) is 12.9. The Labute approximate surface area is 183 Å². The predicted molar refractivity (Wildman–Crippen MR) is 118 cm³/mol. The molecule has 1 aromatic carbocycles. The van der Waals surface area contributed by atoms with Gasteiger partial charge in [-0.3, -0.25) is 4.57 Å². The highest BCUT2D eigenvalue weighted by Crippen LogP contribution is 2.41. The quantitative estimate of drug-likeness (QED) is 0.532. The fraction of sp³-hybridized carbons (Fsp3) is 0.450. The first-order valence-corrected chi connectivity index (χ1v) is 11.5. The summed E-state index contributed by atoms with van der Waals surface area (Å²) in [4.78, 5) is 15.2. The van der Waals surface area contributed by atoms with Gasteiger partial charge < -0.3 is 16.0 Å². The number of thioether (sulfide) groups is 1. The van der Waals surface area contributed by atoms with Gasteiger partial charge in [0.15, 0.2) is 5.16 Å². The number of anilines is 4. The zero-order chi connectivity index (χ0) is 21.2. The molecule has 2 aromatic heterocycles. The minimum Gasteiger partial charge on any atom is -0.368 e. The van der Waals surface area contributed by atoms with Crippen molar-refractivity contribution >= 4 is 35.3 Å². The van der Waals surface area contributed by atoms with Crippen molar-refractivity contribution in [2.45, 2.75) is 49.1 Å². The van der Waals surface area contributed by atoms with Gasteiger partial charge in [0.25, 0.3) is 0 Å². The van der Waals surface area contributed by atoms with E-state index in [-0.39, 0.29) is 11.8 Å². The van der Waals surface area contributed by atoms with E-state index < -0.39 is 0 Å².